The van der Waals surface area contributed by atoms with Crippen LogP contribution in [0.1, 0.15) is 0 Å². The molecule has 64 valence electrons. The van der Waals surface area contributed by atoms with Crippen LogP contribution in [0.2, 0.25) is 0 Å². The van der Waals surface area contributed by atoms with Gasteiger partial charge < -0.3 is 9.47 Å². The van der Waals surface area contributed by atoms with Gasteiger partial charge in [0.2, 0.25) is 6.41 Å². The van der Waals surface area contributed by atoms with E-state index in [1.54, 1.807) is 14.2 Å². The monoisotopic (exact) mass is 151 g/mol. The Hall–Kier alpha value is -0.200. The van der Waals surface area contributed by atoms with Crippen LogP contribution in [0.3, 0.4) is 0 Å². The van der Waals surface area contributed by atoms with E-state index in [1.807, 2.05) is 19.0 Å². The molecule has 0 aromatic heterocycles. The third-order valence-electron chi connectivity index (χ3n) is 0.825. The van der Waals surface area contributed by atoms with E-state index in [4.69, 9.17) is 9.47 Å². The number of nitrogens with two attached hydrogens (primary N) is 2. The highest BCUT2D eigenvalue weighted by Crippen LogP contribution is 1.91. The van der Waals surface area contributed by atoms with Gasteiger partial charge in [-0.05, 0) is 14.1 Å². The van der Waals surface area contributed by atoms with Crippen LogP contribution >= 0.6 is 0 Å². The van der Waals surface area contributed by atoms with Crippen LogP contribution in [0.5, 0.6) is 0 Å². The van der Waals surface area contributed by atoms with E-state index in [0.29, 0.717) is 0 Å². The van der Waals surface area contributed by atoms with Crippen molar-refractivity contribution in [3.63, 3.8) is 0 Å². The van der Waals surface area contributed by atoms with E-state index in [-0.39, 0.29) is 6.41 Å². The molecule has 0 amide bonds. The fourth-order valence-electron chi connectivity index (χ4n) is 0.518. The van der Waals surface area contributed by atoms with Crippen LogP contribution in [0, 0.1) is 0 Å². The van der Waals surface area contributed by atoms with Crippen molar-refractivity contribution in [2.24, 2.45) is 11.7 Å². The normalized spacial score (nSPS) is 9.60. The maximum absolute atomic E-state index is 4.86. The topological polar surface area (TPSA) is 73.7 Å². The van der Waals surface area contributed by atoms with Crippen LogP contribution in [0.4, 0.5) is 0 Å². The Morgan fingerprint density at radius 3 is 1.40 bits per heavy atom. The smallest absolute Gasteiger partial charge is 0.217 e. The summed E-state index contributed by atoms with van der Waals surface area (Å²) in [7, 11) is 6.98. The van der Waals surface area contributed by atoms with E-state index in [9.17, 15) is 0 Å². The molecule has 0 aliphatic heterocycles. The maximum atomic E-state index is 4.86. The minimum Gasteiger partial charge on any atom is -0.343 e. The molecule has 0 rings (SSSR count). The van der Waals surface area contributed by atoms with Crippen molar-refractivity contribution in [3.05, 3.63) is 0 Å². The van der Waals surface area contributed by atoms with Gasteiger partial charge in [0.15, 0.2) is 0 Å². The molecule has 5 heteroatoms. The molecule has 0 bridgehead atoms. The van der Waals surface area contributed by atoms with Crippen LogP contribution in [-0.4, -0.2) is 39.6 Å². The lowest BCUT2D eigenvalue weighted by molar-refractivity contribution is -0.179. The molecule has 0 saturated carbocycles. The quantitative estimate of drug-likeness (QED) is 0.305. The summed E-state index contributed by atoms with van der Waals surface area (Å²) in [6, 6.07) is 0. The summed E-state index contributed by atoms with van der Waals surface area (Å²) in [6.45, 7) is 0. The first-order valence-corrected chi connectivity index (χ1v) is 2.77. The molecule has 0 aromatic carbocycles. The number of methoxy groups -OCH3 is 2. The molecule has 0 saturated heterocycles. The first-order chi connectivity index (χ1) is 4.72. The summed E-state index contributed by atoms with van der Waals surface area (Å²) in [4.78, 5) is 1.83. The predicted octanol–water partition coefficient (Wildman–Crippen LogP) is -1.06. The minimum absolute atomic E-state index is 0.213. The van der Waals surface area contributed by atoms with Gasteiger partial charge in [-0.25, -0.2) is 0 Å². The predicted molar refractivity (Wildman–Crippen MR) is 39.9 cm³/mol. The lowest BCUT2D eigenvalue weighted by atomic mass is 10.9. The van der Waals surface area contributed by atoms with Crippen molar-refractivity contribution in [1.82, 2.24) is 4.90 Å². The first kappa shape index (κ1) is 12.5. The fraction of sp³-hybridized carbons (Fsp3) is 1.00. The Morgan fingerprint density at radius 2 is 1.40 bits per heavy atom. The van der Waals surface area contributed by atoms with Crippen molar-refractivity contribution in [3.8, 4) is 0 Å². The molecule has 0 spiro atoms. The molecular formula is C5H17N3O2. The molecule has 0 atom stereocenters. The van der Waals surface area contributed by atoms with E-state index < -0.39 is 0 Å². The highest BCUT2D eigenvalue weighted by molar-refractivity contribution is 4.33. The van der Waals surface area contributed by atoms with Gasteiger partial charge >= 0.3 is 0 Å². The second-order valence-corrected chi connectivity index (χ2v) is 1.74. The summed E-state index contributed by atoms with van der Waals surface area (Å²) in [6.07, 6.45) is -0.213. The van der Waals surface area contributed by atoms with Crippen molar-refractivity contribution < 1.29 is 9.47 Å². The van der Waals surface area contributed by atoms with Crippen molar-refractivity contribution in [1.29, 1.82) is 0 Å². The van der Waals surface area contributed by atoms with E-state index >= 15 is 0 Å². The SMILES string of the molecule is COC(OC)N(C)C.NN. The van der Waals surface area contributed by atoms with Crippen molar-refractivity contribution in [2.45, 2.75) is 6.41 Å². The van der Waals surface area contributed by atoms with Gasteiger partial charge in [-0.2, -0.15) is 0 Å². The zero-order valence-corrected chi connectivity index (χ0v) is 7.00. The van der Waals surface area contributed by atoms with E-state index in [2.05, 4.69) is 11.7 Å². The number of hydrazine groups is 1. The lowest BCUT2D eigenvalue weighted by Crippen LogP contribution is -2.30. The number of nitrogens with zero attached hydrogens (tertiary/aromatic N) is 1. The summed E-state index contributed by atoms with van der Waals surface area (Å²) < 4.78 is 9.73. The molecule has 10 heavy (non-hydrogen) atoms. The second kappa shape index (κ2) is 8.80. The number of hydrogen-bond donors (Lipinski definition) is 2. The molecule has 5 nitrogen and oxygen atoms in total. The average Bonchev–Trinajstić information content (AvgIpc) is 1.94. The molecule has 0 heterocycles. The Bertz CT molecular complexity index is 56.9. The minimum atomic E-state index is -0.213. The van der Waals surface area contributed by atoms with Crippen molar-refractivity contribution in [2.75, 3.05) is 28.3 Å². The standard InChI is InChI=1S/C5H13NO2.H4N2/c1-6(2)5(7-3)8-4;1-2/h5H,1-4H3;1-2H2. The van der Waals surface area contributed by atoms with Gasteiger partial charge in [0.25, 0.3) is 0 Å². The molecule has 0 aliphatic rings. The summed E-state index contributed by atoms with van der Waals surface area (Å²) in [5.41, 5.74) is 0. The molecule has 0 unspecified atom stereocenters. The summed E-state index contributed by atoms with van der Waals surface area (Å²) in [5.74, 6) is 8.00. The number of ether oxygens (including phenoxy) is 2. The van der Waals surface area contributed by atoms with Gasteiger partial charge in [0, 0.05) is 14.2 Å². The third-order valence-corrected chi connectivity index (χ3v) is 0.825. The highest BCUT2D eigenvalue weighted by Gasteiger charge is 2.04. The van der Waals surface area contributed by atoms with Crippen LogP contribution < -0.4 is 11.7 Å². The Morgan fingerprint density at radius 1 is 1.10 bits per heavy atom. The third kappa shape index (κ3) is 5.93. The largest absolute Gasteiger partial charge is 0.343 e. The zero-order chi connectivity index (χ0) is 8.57. The zero-order valence-electron chi connectivity index (χ0n) is 7.00. The maximum Gasteiger partial charge on any atom is 0.217 e. The summed E-state index contributed by atoms with van der Waals surface area (Å²) in [5, 5.41) is 0. The van der Waals surface area contributed by atoms with Gasteiger partial charge in [-0.15, -0.1) is 0 Å². The van der Waals surface area contributed by atoms with Gasteiger partial charge in [-0.3, -0.25) is 16.6 Å². The summed E-state index contributed by atoms with van der Waals surface area (Å²) >= 11 is 0. The van der Waals surface area contributed by atoms with E-state index in [0.717, 1.165) is 0 Å². The number of hydrogen-bond acceptors (Lipinski definition) is 5. The Balaban J connectivity index is 0. The molecule has 0 radical (unpaired) electrons. The molecule has 4 N–H and O–H groups in total. The molecular weight excluding hydrogens is 134 g/mol. The highest BCUT2D eigenvalue weighted by atomic mass is 16.7. The fourth-order valence-corrected chi connectivity index (χ4v) is 0.518. The Kier molecular flexibility index (Phi) is 11.0. The molecule has 0 aliphatic carbocycles. The van der Waals surface area contributed by atoms with Crippen LogP contribution in [0.15, 0.2) is 0 Å². The van der Waals surface area contributed by atoms with Crippen LogP contribution in [0.25, 0.3) is 0 Å². The van der Waals surface area contributed by atoms with Crippen molar-refractivity contribution >= 4 is 0 Å². The first-order valence-electron chi connectivity index (χ1n) is 2.77. The van der Waals surface area contributed by atoms with Crippen LogP contribution in [-0.2, 0) is 9.47 Å². The molecule has 0 fully saturated rings. The second-order valence-electron chi connectivity index (χ2n) is 1.74. The van der Waals surface area contributed by atoms with Gasteiger partial charge in [0.05, 0.1) is 0 Å². The lowest BCUT2D eigenvalue weighted by Gasteiger charge is -2.19. The average molecular weight is 151 g/mol. The molecule has 0 aromatic rings. The van der Waals surface area contributed by atoms with E-state index in [1.165, 1.54) is 0 Å². The van der Waals surface area contributed by atoms with Gasteiger partial charge in [0.1, 0.15) is 0 Å². The number of rotatable bonds is 3. The van der Waals surface area contributed by atoms with Gasteiger partial charge in [-0.1, -0.05) is 0 Å². The Labute approximate surface area is 61.8 Å².